The van der Waals surface area contributed by atoms with Gasteiger partial charge < -0.3 is 5.32 Å². The lowest BCUT2D eigenvalue weighted by atomic mass is 10.2. The van der Waals surface area contributed by atoms with E-state index in [1.54, 1.807) is 39.8 Å². The van der Waals surface area contributed by atoms with Gasteiger partial charge in [-0.05, 0) is 49.7 Å². The Balaban J connectivity index is 2.17. The maximum Gasteiger partial charge on any atom is 0.251 e. The molecule has 1 N–H and O–H groups in total. The molecular weight excluding hydrogens is 469 g/mol. The zero-order chi connectivity index (χ0) is 25.0. The second-order valence-corrected chi connectivity index (χ2v) is 11.6. The number of nitrogens with one attached hydrogen (secondary N) is 1. The van der Waals surface area contributed by atoms with Crippen LogP contribution in [0.5, 0.6) is 0 Å². The van der Waals surface area contributed by atoms with Gasteiger partial charge in [0.15, 0.2) is 0 Å². The average Bonchev–Trinajstić information content (AvgIpc) is 2.77. The van der Waals surface area contributed by atoms with Crippen LogP contribution in [0.2, 0.25) is 0 Å². The molecule has 11 heteroatoms. The van der Waals surface area contributed by atoms with Crippen LogP contribution >= 0.6 is 0 Å². The predicted molar refractivity (Wildman–Crippen MR) is 124 cm³/mol. The molecule has 33 heavy (non-hydrogen) atoms. The molecule has 0 aromatic heterocycles. The van der Waals surface area contributed by atoms with Crippen LogP contribution in [-0.2, 0) is 26.6 Å². The Morgan fingerprint density at radius 3 is 2.06 bits per heavy atom. The topological polar surface area (TPSA) is 104 Å². The standard InChI is InChI=1S/C22H30FN3O5S2/c1-6-26(7-2)33(30,31)21-14-18(10-13-20(21)23)22(27)24-15-17-8-11-19(12-9-17)32(28,29)25(5)16(3)4/h8-14,16H,6-7,15H2,1-5H3,(H,24,27). The minimum Gasteiger partial charge on any atom is -0.348 e. The number of rotatable bonds is 10. The summed E-state index contributed by atoms with van der Waals surface area (Å²) in [6, 6.07) is 9.09. The third kappa shape index (κ3) is 5.97. The Morgan fingerprint density at radius 1 is 0.970 bits per heavy atom. The van der Waals surface area contributed by atoms with Gasteiger partial charge in [-0.2, -0.15) is 8.61 Å². The zero-order valence-corrected chi connectivity index (χ0v) is 21.0. The molecule has 2 aromatic rings. The van der Waals surface area contributed by atoms with E-state index in [4.69, 9.17) is 0 Å². The van der Waals surface area contributed by atoms with Crippen LogP contribution in [0.15, 0.2) is 52.3 Å². The first-order valence-electron chi connectivity index (χ1n) is 10.5. The van der Waals surface area contributed by atoms with Crippen molar-refractivity contribution in [3.05, 3.63) is 59.4 Å². The molecular formula is C22H30FN3O5S2. The summed E-state index contributed by atoms with van der Waals surface area (Å²) >= 11 is 0. The van der Waals surface area contributed by atoms with Crippen molar-refractivity contribution in [3.63, 3.8) is 0 Å². The highest BCUT2D eigenvalue weighted by molar-refractivity contribution is 7.89. The molecule has 1 amide bonds. The van der Waals surface area contributed by atoms with E-state index >= 15 is 0 Å². The number of halogens is 1. The summed E-state index contributed by atoms with van der Waals surface area (Å²) in [6.07, 6.45) is 0. The van der Waals surface area contributed by atoms with Crippen molar-refractivity contribution >= 4 is 26.0 Å². The highest BCUT2D eigenvalue weighted by Crippen LogP contribution is 2.21. The van der Waals surface area contributed by atoms with E-state index in [0.29, 0.717) is 5.56 Å². The van der Waals surface area contributed by atoms with Crippen molar-refractivity contribution in [1.82, 2.24) is 13.9 Å². The molecule has 0 aliphatic heterocycles. The lowest BCUT2D eigenvalue weighted by Gasteiger charge is -2.21. The fraction of sp³-hybridized carbons (Fsp3) is 0.409. The Hall–Kier alpha value is -2.34. The molecule has 0 fully saturated rings. The number of carbonyl (C=O) groups is 1. The number of amides is 1. The first-order valence-corrected chi connectivity index (χ1v) is 13.4. The van der Waals surface area contributed by atoms with Crippen molar-refractivity contribution in [2.45, 2.75) is 50.1 Å². The summed E-state index contributed by atoms with van der Waals surface area (Å²) in [5, 5.41) is 2.64. The van der Waals surface area contributed by atoms with Crippen molar-refractivity contribution in [2.24, 2.45) is 0 Å². The highest BCUT2D eigenvalue weighted by atomic mass is 32.2. The van der Waals surface area contributed by atoms with Crippen LogP contribution in [0.25, 0.3) is 0 Å². The monoisotopic (exact) mass is 499 g/mol. The first-order chi connectivity index (χ1) is 15.4. The summed E-state index contributed by atoms with van der Waals surface area (Å²) in [5.74, 6) is -1.51. The van der Waals surface area contributed by atoms with Crippen LogP contribution in [0.4, 0.5) is 4.39 Å². The minimum atomic E-state index is -4.07. The van der Waals surface area contributed by atoms with Gasteiger partial charge in [0.05, 0.1) is 4.90 Å². The van der Waals surface area contributed by atoms with Gasteiger partial charge in [-0.15, -0.1) is 0 Å². The molecule has 0 heterocycles. The van der Waals surface area contributed by atoms with E-state index in [1.807, 2.05) is 0 Å². The third-order valence-electron chi connectivity index (χ3n) is 5.30. The molecule has 8 nitrogen and oxygen atoms in total. The normalized spacial score (nSPS) is 12.5. The molecule has 0 radical (unpaired) electrons. The van der Waals surface area contributed by atoms with Crippen molar-refractivity contribution in [3.8, 4) is 0 Å². The lowest BCUT2D eigenvalue weighted by Crippen LogP contribution is -2.33. The minimum absolute atomic E-state index is 0.000104. The van der Waals surface area contributed by atoms with E-state index in [2.05, 4.69) is 5.32 Å². The Kier molecular flexibility index (Phi) is 8.75. The van der Waals surface area contributed by atoms with Gasteiger partial charge in [0, 0.05) is 38.3 Å². The summed E-state index contributed by atoms with van der Waals surface area (Å²) in [7, 11) is -6.18. The average molecular weight is 500 g/mol. The van der Waals surface area contributed by atoms with Crippen molar-refractivity contribution in [2.75, 3.05) is 20.1 Å². The van der Waals surface area contributed by atoms with E-state index in [-0.39, 0.29) is 36.1 Å². The lowest BCUT2D eigenvalue weighted by molar-refractivity contribution is 0.0950. The fourth-order valence-electron chi connectivity index (χ4n) is 3.05. The molecule has 0 saturated carbocycles. The Bertz CT molecular complexity index is 1190. The van der Waals surface area contributed by atoms with Gasteiger partial charge in [-0.25, -0.2) is 21.2 Å². The molecule has 0 saturated heterocycles. The van der Waals surface area contributed by atoms with Crippen LogP contribution in [-0.4, -0.2) is 57.5 Å². The Morgan fingerprint density at radius 2 is 1.55 bits per heavy atom. The largest absolute Gasteiger partial charge is 0.348 e. The summed E-state index contributed by atoms with van der Waals surface area (Å²) in [6.45, 7) is 7.26. The van der Waals surface area contributed by atoms with Crippen LogP contribution in [0, 0.1) is 5.82 Å². The molecule has 2 rings (SSSR count). The van der Waals surface area contributed by atoms with Crippen LogP contribution in [0.1, 0.15) is 43.6 Å². The second-order valence-electron chi connectivity index (χ2n) is 7.68. The number of benzene rings is 2. The van der Waals surface area contributed by atoms with Crippen LogP contribution in [0.3, 0.4) is 0 Å². The summed E-state index contributed by atoms with van der Waals surface area (Å²) in [4.78, 5) is 12.1. The number of hydrogen-bond acceptors (Lipinski definition) is 5. The second kappa shape index (κ2) is 10.7. The van der Waals surface area contributed by atoms with Crippen molar-refractivity contribution < 1.29 is 26.0 Å². The van der Waals surface area contributed by atoms with E-state index in [0.717, 1.165) is 16.4 Å². The van der Waals surface area contributed by atoms with E-state index in [1.165, 1.54) is 29.6 Å². The molecule has 0 aliphatic rings. The molecule has 182 valence electrons. The maximum absolute atomic E-state index is 14.3. The maximum atomic E-state index is 14.3. The van der Waals surface area contributed by atoms with E-state index < -0.39 is 36.7 Å². The molecule has 2 aromatic carbocycles. The molecule has 0 unspecified atom stereocenters. The summed E-state index contributed by atoms with van der Waals surface area (Å²) < 4.78 is 67.1. The van der Waals surface area contributed by atoms with Gasteiger partial charge in [0.2, 0.25) is 20.0 Å². The predicted octanol–water partition coefficient (Wildman–Crippen LogP) is 2.82. The number of hydrogen-bond donors (Lipinski definition) is 1. The fourth-order valence-corrected chi connectivity index (χ4v) is 5.97. The summed E-state index contributed by atoms with van der Waals surface area (Å²) in [5.41, 5.74) is 0.646. The number of nitrogens with zero attached hydrogens (tertiary/aromatic N) is 2. The van der Waals surface area contributed by atoms with Crippen molar-refractivity contribution in [1.29, 1.82) is 0 Å². The third-order valence-corrected chi connectivity index (χ3v) is 9.41. The smallest absolute Gasteiger partial charge is 0.251 e. The van der Waals surface area contributed by atoms with Crippen LogP contribution < -0.4 is 5.32 Å². The highest BCUT2D eigenvalue weighted by Gasteiger charge is 2.26. The quantitative estimate of drug-likeness (QED) is 0.541. The molecule has 0 aliphatic carbocycles. The van der Waals surface area contributed by atoms with Gasteiger partial charge >= 0.3 is 0 Å². The molecule has 0 spiro atoms. The first kappa shape index (κ1) is 26.9. The Labute approximate surface area is 195 Å². The molecule has 0 atom stereocenters. The number of sulfonamides is 2. The zero-order valence-electron chi connectivity index (χ0n) is 19.4. The number of carbonyl (C=O) groups excluding carboxylic acids is 1. The van der Waals surface area contributed by atoms with Gasteiger partial charge in [-0.3, -0.25) is 4.79 Å². The SMILES string of the molecule is CCN(CC)S(=O)(=O)c1cc(C(=O)NCc2ccc(S(=O)(=O)N(C)C(C)C)cc2)ccc1F. The van der Waals surface area contributed by atoms with Gasteiger partial charge in [0.1, 0.15) is 10.7 Å². The van der Waals surface area contributed by atoms with E-state index in [9.17, 15) is 26.0 Å². The van der Waals surface area contributed by atoms with Gasteiger partial charge in [0.25, 0.3) is 5.91 Å². The molecule has 0 bridgehead atoms. The van der Waals surface area contributed by atoms with Gasteiger partial charge in [-0.1, -0.05) is 26.0 Å².